The molecule has 6 nitrogen and oxygen atoms in total. The molecule has 1 amide bonds. The Morgan fingerprint density at radius 3 is 2.33 bits per heavy atom. The Balaban J connectivity index is 2.84. The fourth-order valence-electron chi connectivity index (χ4n) is 1.15. The van der Waals surface area contributed by atoms with Crippen molar-refractivity contribution in [2.24, 2.45) is 0 Å². The van der Waals surface area contributed by atoms with E-state index in [1.165, 1.54) is 0 Å². The summed E-state index contributed by atoms with van der Waals surface area (Å²) in [4.78, 5) is 32.2. The van der Waals surface area contributed by atoms with E-state index in [1.807, 2.05) is 0 Å². The minimum absolute atomic E-state index is 0.0106. The van der Waals surface area contributed by atoms with Crippen LogP contribution in [-0.2, 0) is 9.59 Å². The molecule has 1 fully saturated rings. The summed E-state index contributed by atoms with van der Waals surface area (Å²) < 4.78 is 0. The number of Topliss-reactive ketones (excluding diaryl/α,β-unsaturated/α-hetero) is 1. The Labute approximate surface area is 67.4 Å². The lowest BCUT2D eigenvalue weighted by atomic mass is 10.2. The van der Waals surface area contributed by atoms with Crippen molar-refractivity contribution in [2.45, 2.75) is 12.5 Å². The van der Waals surface area contributed by atoms with E-state index in [4.69, 9.17) is 10.2 Å². The molecule has 0 aromatic carbocycles. The molecule has 2 N–H and O–H groups in total. The maximum absolute atomic E-state index is 10.8. The summed E-state index contributed by atoms with van der Waals surface area (Å²) in [5, 5.41) is 16.9. The molecule has 0 spiro atoms. The first-order valence-electron chi connectivity index (χ1n) is 3.29. The van der Waals surface area contributed by atoms with Crippen molar-refractivity contribution in [3.63, 3.8) is 0 Å². The summed E-state index contributed by atoms with van der Waals surface area (Å²) in [6, 6.07) is -1.50. The minimum Gasteiger partial charge on any atom is -0.479 e. The lowest BCUT2D eigenvalue weighted by molar-refractivity contribution is -0.144. The minimum atomic E-state index is -1.50. The number of carboxylic acid groups (broad SMARTS) is 2. The Bertz CT molecular complexity index is 248. The predicted octanol–water partition coefficient (Wildman–Crippen LogP) is -0.608. The maximum Gasteiger partial charge on any atom is 0.408 e. The summed E-state index contributed by atoms with van der Waals surface area (Å²) in [6.07, 6.45) is -1.38. The van der Waals surface area contributed by atoms with Crippen LogP contribution in [0.1, 0.15) is 6.42 Å². The van der Waals surface area contributed by atoms with Gasteiger partial charge in [0.1, 0.15) is 0 Å². The Morgan fingerprint density at radius 2 is 2.00 bits per heavy atom. The van der Waals surface area contributed by atoms with Crippen LogP contribution < -0.4 is 0 Å². The first-order chi connectivity index (χ1) is 5.54. The molecule has 0 radical (unpaired) electrons. The summed E-state index contributed by atoms with van der Waals surface area (Å²) in [5.74, 6) is -1.95. The summed E-state index contributed by atoms with van der Waals surface area (Å²) in [5.41, 5.74) is 0. The number of hydrogen-bond acceptors (Lipinski definition) is 3. The lowest BCUT2D eigenvalue weighted by Crippen LogP contribution is -2.42. The second-order valence-corrected chi connectivity index (χ2v) is 2.43. The molecule has 66 valence electrons. The van der Waals surface area contributed by atoms with E-state index in [0.29, 0.717) is 4.90 Å². The number of carbonyl (C=O) groups is 3. The molecule has 1 saturated heterocycles. The third kappa shape index (κ3) is 1.23. The van der Waals surface area contributed by atoms with Gasteiger partial charge >= 0.3 is 12.1 Å². The highest BCUT2D eigenvalue weighted by molar-refractivity contribution is 6.06. The fourth-order valence-corrected chi connectivity index (χ4v) is 1.15. The molecular formula is C6H7NO5. The van der Waals surface area contributed by atoms with Gasteiger partial charge in [-0.1, -0.05) is 0 Å². The molecule has 6 heteroatoms. The number of carboxylic acids is 1. The number of amides is 1. The van der Waals surface area contributed by atoms with E-state index in [1.54, 1.807) is 0 Å². The Morgan fingerprint density at radius 1 is 1.42 bits per heavy atom. The van der Waals surface area contributed by atoms with Crippen molar-refractivity contribution in [2.75, 3.05) is 6.54 Å². The third-order valence-corrected chi connectivity index (χ3v) is 1.70. The highest BCUT2D eigenvalue weighted by Gasteiger charge is 2.40. The Kier molecular flexibility index (Phi) is 1.99. The van der Waals surface area contributed by atoms with Gasteiger partial charge in [-0.25, -0.2) is 9.59 Å². The second-order valence-electron chi connectivity index (χ2n) is 2.43. The van der Waals surface area contributed by atoms with Crippen LogP contribution in [0.4, 0.5) is 4.79 Å². The number of aliphatic carboxylic acids is 1. The van der Waals surface area contributed by atoms with Gasteiger partial charge in [-0.3, -0.25) is 9.69 Å². The van der Waals surface area contributed by atoms with Crippen LogP contribution in [0.3, 0.4) is 0 Å². The van der Waals surface area contributed by atoms with Crippen LogP contribution in [-0.4, -0.2) is 45.5 Å². The van der Waals surface area contributed by atoms with E-state index in [0.717, 1.165) is 0 Å². The standard InChI is InChI=1S/C6H7NO5/c8-3-1-2-7(6(11)12)4(3)5(9)10/h4H,1-2H2,(H,9,10)(H,11,12). The molecule has 0 aromatic heterocycles. The van der Waals surface area contributed by atoms with Crippen molar-refractivity contribution in [1.82, 2.24) is 4.90 Å². The molecule has 1 aliphatic rings. The predicted molar refractivity (Wildman–Crippen MR) is 35.8 cm³/mol. The van der Waals surface area contributed by atoms with E-state index in [9.17, 15) is 14.4 Å². The van der Waals surface area contributed by atoms with Gasteiger partial charge in [0.15, 0.2) is 11.8 Å². The SMILES string of the molecule is O=C(O)C1C(=O)CCN1C(=O)O. The second kappa shape index (κ2) is 2.80. The van der Waals surface area contributed by atoms with Crippen LogP contribution >= 0.6 is 0 Å². The first kappa shape index (κ1) is 8.51. The molecule has 1 atom stereocenters. The monoisotopic (exact) mass is 173 g/mol. The molecule has 0 aromatic rings. The fraction of sp³-hybridized carbons (Fsp3) is 0.500. The van der Waals surface area contributed by atoms with E-state index >= 15 is 0 Å². The molecule has 0 aliphatic carbocycles. The largest absolute Gasteiger partial charge is 0.479 e. The average Bonchev–Trinajstić information content (AvgIpc) is 2.30. The topological polar surface area (TPSA) is 94.9 Å². The lowest BCUT2D eigenvalue weighted by Gasteiger charge is -2.15. The highest BCUT2D eigenvalue weighted by Crippen LogP contribution is 2.13. The molecule has 0 saturated carbocycles. The van der Waals surface area contributed by atoms with Gasteiger partial charge in [-0.05, 0) is 0 Å². The van der Waals surface area contributed by atoms with Gasteiger partial charge in [0, 0.05) is 13.0 Å². The van der Waals surface area contributed by atoms with E-state index < -0.39 is 23.9 Å². The van der Waals surface area contributed by atoms with E-state index in [2.05, 4.69) is 0 Å². The smallest absolute Gasteiger partial charge is 0.408 e. The van der Waals surface area contributed by atoms with Crippen molar-refractivity contribution < 1.29 is 24.6 Å². The number of ketones is 1. The highest BCUT2D eigenvalue weighted by atomic mass is 16.4. The number of likely N-dealkylation sites (tertiary alicyclic amines) is 1. The zero-order valence-electron chi connectivity index (χ0n) is 6.06. The maximum atomic E-state index is 10.8. The van der Waals surface area contributed by atoms with Gasteiger partial charge in [-0.2, -0.15) is 0 Å². The number of carbonyl (C=O) groups excluding carboxylic acids is 1. The average molecular weight is 173 g/mol. The zero-order chi connectivity index (χ0) is 9.30. The zero-order valence-corrected chi connectivity index (χ0v) is 6.06. The third-order valence-electron chi connectivity index (χ3n) is 1.70. The number of hydrogen-bond donors (Lipinski definition) is 2. The quantitative estimate of drug-likeness (QED) is 0.516. The summed E-state index contributed by atoms with van der Waals surface area (Å²) in [7, 11) is 0. The van der Waals surface area contributed by atoms with E-state index in [-0.39, 0.29) is 13.0 Å². The van der Waals surface area contributed by atoms with Gasteiger partial charge in [0.25, 0.3) is 0 Å². The normalized spacial score (nSPS) is 22.8. The molecule has 12 heavy (non-hydrogen) atoms. The molecule has 1 rings (SSSR count). The summed E-state index contributed by atoms with van der Waals surface area (Å²) in [6.45, 7) is -0.0227. The number of rotatable bonds is 1. The molecule has 1 heterocycles. The first-order valence-corrected chi connectivity index (χ1v) is 3.29. The number of nitrogens with zero attached hydrogens (tertiary/aromatic N) is 1. The van der Waals surface area contributed by atoms with Crippen LogP contribution in [0, 0.1) is 0 Å². The molecular weight excluding hydrogens is 166 g/mol. The van der Waals surface area contributed by atoms with Gasteiger partial charge in [0.05, 0.1) is 0 Å². The summed E-state index contributed by atoms with van der Waals surface area (Å²) >= 11 is 0. The van der Waals surface area contributed by atoms with Crippen LogP contribution in [0.5, 0.6) is 0 Å². The van der Waals surface area contributed by atoms with Gasteiger partial charge in [0.2, 0.25) is 0 Å². The van der Waals surface area contributed by atoms with Crippen LogP contribution in [0.2, 0.25) is 0 Å². The van der Waals surface area contributed by atoms with Gasteiger partial charge in [-0.15, -0.1) is 0 Å². The molecule has 1 aliphatic heterocycles. The van der Waals surface area contributed by atoms with Crippen molar-refractivity contribution in [1.29, 1.82) is 0 Å². The van der Waals surface area contributed by atoms with Crippen LogP contribution in [0.25, 0.3) is 0 Å². The molecule has 0 bridgehead atoms. The van der Waals surface area contributed by atoms with Crippen molar-refractivity contribution in [3.8, 4) is 0 Å². The molecule has 1 unspecified atom stereocenters. The van der Waals surface area contributed by atoms with Crippen molar-refractivity contribution in [3.05, 3.63) is 0 Å². The Hall–Kier alpha value is -1.59. The van der Waals surface area contributed by atoms with Crippen LogP contribution in [0.15, 0.2) is 0 Å². The van der Waals surface area contributed by atoms with Gasteiger partial charge < -0.3 is 10.2 Å². The van der Waals surface area contributed by atoms with Crippen molar-refractivity contribution >= 4 is 17.8 Å².